The third-order valence-electron chi connectivity index (χ3n) is 5.86. The monoisotopic (exact) mass is 492 g/mol. The lowest BCUT2D eigenvalue weighted by atomic mass is 10.1. The molecule has 3 aromatic heterocycles. The zero-order valence-electron chi connectivity index (χ0n) is 18.3. The van der Waals surface area contributed by atoms with Crippen molar-refractivity contribution < 1.29 is 9.37 Å². The Morgan fingerprint density at radius 1 is 1.31 bits per heavy atom. The third kappa shape index (κ3) is 4.20. The topological polar surface area (TPSA) is 163 Å². The molecule has 1 atom stereocenters. The standard InChI is InChI=1S/C23H19ClFN9O/c24-14-5-6-15(25)18-17(14)22(35)34(12-2-1-7-29-10-12)21(31-18)16(8-11-3-4-11)30-20-13(9-26)19(27)32-23(28)33-20/h1-2,5-7,10-11,16H,3-4,8H2,(H5,27,28,30,32,33)/p+1. The normalized spacial score (nSPS) is 14.0. The molecule has 1 aliphatic carbocycles. The smallest absolute Gasteiger partial charge is 0.344 e. The summed E-state index contributed by atoms with van der Waals surface area (Å²) in [6.45, 7) is 0. The zero-order valence-corrected chi connectivity index (χ0v) is 19.1. The van der Waals surface area contributed by atoms with E-state index in [-0.39, 0.29) is 44.9 Å². The average Bonchev–Trinajstić information content (AvgIpc) is 3.65. The average molecular weight is 493 g/mol. The molecule has 3 heterocycles. The summed E-state index contributed by atoms with van der Waals surface area (Å²) < 4.78 is 16.2. The second-order valence-electron chi connectivity index (χ2n) is 8.32. The Bertz CT molecular complexity index is 1550. The van der Waals surface area contributed by atoms with Gasteiger partial charge in [0.2, 0.25) is 11.6 Å². The quantitative estimate of drug-likeness (QED) is 0.370. The fourth-order valence-corrected chi connectivity index (χ4v) is 4.28. The highest BCUT2D eigenvalue weighted by Gasteiger charge is 2.33. The predicted molar refractivity (Wildman–Crippen MR) is 128 cm³/mol. The number of nitriles is 1. The molecule has 4 aromatic rings. The summed E-state index contributed by atoms with van der Waals surface area (Å²) in [6.07, 6.45) is 5.64. The van der Waals surface area contributed by atoms with Crippen LogP contribution in [-0.2, 0) is 0 Å². The van der Waals surface area contributed by atoms with Crippen molar-refractivity contribution >= 4 is 40.1 Å². The highest BCUT2D eigenvalue weighted by molar-refractivity contribution is 6.35. The van der Waals surface area contributed by atoms with E-state index in [0.717, 1.165) is 12.8 Å². The lowest BCUT2D eigenvalue weighted by Gasteiger charge is -2.22. The van der Waals surface area contributed by atoms with E-state index in [2.05, 4.69) is 25.3 Å². The molecule has 10 nitrogen and oxygen atoms in total. The van der Waals surface area contributed by atoms with Gasteiger partial charge >= 0.3 is 5.95 Å². The first-order chi connectivity index (χ1) is 16.9. The van der Waals surface area contributed by atoms with Gasteiger partial charge in [0, 0.05) is 6.20 Å². The highest BCUT2D eigenvalue weighted by atomic mass is 35.5. The Morgan fingerprint density at radius 2 is 2.11 bits per heavy atom. The number of aromatic nitrogens is 5. The number of nitrogens with two attached hydrogens (primary N) is 2. The van der Waals surface area contributed by atoms with Crippen molar-refractivity contribution in [3.8, 4) is 11.8 Å². The maximum atomic E-state index is 14.9. The number of pyridine rings is 1. The van der Waals surface area contributed by atoms with Gasteiger partial charge in [-0.3, -0.25) is 14.3 Å². The molecule has 1 aromatic carbocycles. The number of aromatic amines is 1. The number of fused-ring (bicyclic) bond motifs is 1. The van der Waals surface area contributed by atoms with Crippen LogP contribution in [0.2, 0.25) is 5.02 Å². The summed E-state index contributed by atoms with van der Waals surface area (Å²) in [4.78, 5) is 29.1. The summed E-state index contributed by atoms with van der Waals surface area (Å²) in [5.74, 6) is 0.0896. The van der Waals surface area contributed by atoms with Gasteiger partial charge in [-0.15, -0.1) is 0 Å². The molecule has 0 saturated heterocycles. The summed E-state index contributed by atoms with van der Waals surface area (Å²) in [6, 6.07) is 7.26. The van der Waals surface area contributed by atoms with E-state index in [9.17, 15) is 14.4 Å². The van der Waals surface area contributed by atoms with Crippen LogP contribution >= 0.6 is 11.6 Å². The molecule has 1 unspecified atom stereocenters. The Labute approximate surface area is 203 Å². The van der Waals surface area contributed by atoms with Gasteiger partial charge in [0.1, 0.15) is 23.4 Å². The van der Waals surface area contributed by atoms with Gasteiger partial charge in [0.15, 0.2) is 11.4 Å². The minimum absolute atomic E-state index is 0.00289. The van der Waals surface area contributed by atoms with E-state index in [0.29, 0.717) is 18.0 Å². The van der Waals surface area contributed by atoms with Crippen LogP contribution in [0.1, 0.15) is 36.7 Å². The van der Waals surface area contributed by atoms with Gasteiger partial charge in [-0.2, -0.15) is 5.26 Å². The first-order valence-electron chi connectivity index (χ1n) is 10.8. The maximum Gasteiger partial charge on any atom is 0.344 e. The molecule has 0 spiro atoms. The van der Waals surface area contributed by atoms with Crippen LogP contribution in [0.15, 0.2) is 41.5 Å². The molecular weight excluding hydrogens is 473 g/mol. The van der Waals surface area contributed by atoms with Gasteiger partial charge < -0.3 is 16.8 Å². The van der Waals surface area contributed by atoms with Crippen LogP contribution in [0.25, 0.3) is 16.6 Å². The molecule has 1 aliphatic rings. The minimum atomic E-state index is -0.673. The first-order valence-corrected chi connectivity index (χ1v) is 11.2. The molecule has 0 aliphatic heterocycles. The fraction of sp³-hybridized carbons (Fsp3) is 0.217. The molecule has 6 N–H and O–H groups in total. The third-order valence-corrected chi connectivity index (χ3v) is 6.18. The molecule has 0 radical (unpaired) electrons. The molecular formula is C23H20ClFN9O+. The summed E-state index contributed by atoms with van der Waals surface area (Å²) in [5, 5.41) is 12.9. The van der Waals surface area contributed by atoms with Crippen molar-refractivity contribution in [3.05, 3.63) is 69.2 Å². The molecule has 35 heavy (non-hydrogen) atoms. The number of nitrogen functional groups attached to an aromatic ring is 2. The first kappa shape index (κ1) is 22.5. The van der Waals surface area contributed by atoms with E-state index in [1.807, 2.05) is 6.07 Å². The number of hydrogen-bond acceptors (Lipinski definition) is 8. The van der Waals surface area contributed by atoms with E-state index >= 15 is 0 Å². The number of rotatable bonds is 6. The lowest BCUT2D eigenvalue weighted by Crippen LogP contribution is -2.31. The molecule has 1 fully saturated rings. The van der Waals surface area contributed by atoms with Gasteiger partial charge in [-0.25, -0.2) is 14.4 Å². The van der Waals surface area contributed by atoms with Crippen LogP contribution in [0, 0.1) is 23.1 Å². The molecule has 5 rings (SSSR count). The van der Waals surface area contributed by atoms with Gasteiger partial charge in [-0.1, -0.05) is 29.4 Å². The highest BCUT2D eigenvalue weighted by Crippen LogP contribution is 2.39. The number of halogens is 2. The van der Waals surface area contributed by atoms with E-state index in [1.54, 1.807) is 18.3 Å². The van der Waals surface area contributed by atoms with Crippen molar-refractivity contribution in [2.45, 2.75) is 25.3 Å². The van der Waals surface area contributed by atoms with Crippen molar-refractivity contribution in [1.29, 1.82) is 5.26 Å². The lowest BCUT2D eigenvalue weighted by molar-refractivity contribution is -0.347. The van der Waals surface area contributed by atoms with Crippen LogP contribution in [0.5, 0.6) is 0 Å². The SMILES string of the molecule is N#Cc1c(N)nc(N)[nH+]c1NC(CC1CC1)c1nc2c(F)ccc(Cl)c2c(=O)n1-c1cccnc1. The van der Waals surface area contributed by atoms with E-state index in [4.69, 9.17) is 23.1 Å². The largest absolute Gasteiger partial charge is 0.372 e. The number of anilines is 3. The van der Waals surface area contributed by atoms with Gasteiger partial charge in [0.05, 0.1) is 22.3 Å². The number of nitrogens with zero attached hydrogens (tertiary/aromatic N) is 5. The van der Waals surface area contributed by atoms with Crippen LogP contribution in [0.4, 0.5) is 22.0 Å². The van der Waals surface area contributed by atoms with Gasteiger partial charge in [0.25, 0.3) is 5.56 Å². The zero-order chi connectivity index (χ0) is 24.7. The van der Waals surface area contributed by atoms with Crippen molar-refractivity contribution in [1.82, 2.24) is 19.5 Å². The minimum Gasteiger partial charge on any atom is -0.372 e. The number of H-pyrrole nitrogens is 1. The predicted octanol–water partition coefficient (Wildman–Crippen LogP) is 2.77. The number of benzene rings is 1. The Morgan fingerprint density at radius 3 is 2.80 bits per heavy atom. The second-order valence-corrected chi connectivity index (χ2v) is 8.73. The molecule has 176 valence electrons. The van der Waals surface area contributed by atoms with Crippen LogP contribution in [0.3, 0.4) is 0 Å². The van der Waals surface area contributed by atoms with E-state index in [1.165, 1.54) is 22.9 Å². The van der Waals surface area contributed by atoms with Crippen molar-refractivity contribution in [2.75, 3.05) is 16.8 Å². The Hall–Kier alpha value is -4.30. The second kappa shape index (κ2) is 8.81. The van der Waals surface area contributed by atoms with E-state index < -0.39 is 17.4 Å². The Kier molecular flexibility index (Phi) is 5.66. The molecule has 0 bridgehead atoms. The molecule has 0 amide bonds. The fourth-order valence-electron chi connectivity index (χ4n) is 4.05. The Balaban J connectivity index is 1.78. The van der Waals surface area contributed by atoms with Crippen LogP contribution < -0.4 is 27.3 Å². The molecule has 12 heteroatoms. The number of nitrogens with one attached hydrogen (secondary N) is 2. The number of hydrogen-bond donors (Lipinski definition) is 3. The van der Waals surface area contributed by atoms with Crippen molar-refractivity contribution in [2.24, 2.45) is 5.92 Å². The molecule has 1 saturated carbocycles. The maximum absolute atomic E-state index is 14.9. The van der Waals surface area contributed by atoms with Crippen LogP contribution in [-0.4, -0.2) is 19.5 Å². The van der Waals surface area contributed by atoms with Crippen molar-refractivity contribution in [3.63, 3.8) is 0 Å². The summed E-state index contributed by atoms with van der Waals surface area (Å²) in [5.41, 5.74) is 11.5. The van der Waals surface area contributed by atoms with Gasteiger partial charge in [-0.05, 0) is 36.6 Å². The summed E-state index contributed by atoms with van der Waals surface area (Å²) in [7, 11) is 0. The summed E-state index contributed by atoms with van der Waals surface area (Å²) >= 11 is 6.30.